The predicted molar refractivity (Wildman–Crippen MR) is 137 cm³/mol. The average Bonchev–Trinajstić information content (AvgIpc) is 3.29. The second-order valence-electron chi connectivity index (χ2n) is 7.67. The Morgan fingerprint density at radius 1 is 1.09 bits per heavy atom. The maximum Gasteiger partial charge on any atom is 0.255 e. The lowest BCUT2D eigenvalue weighted by atomic mass is 9.94. The fraction of sp³-hybridized carbons (Fsp3) is 0.320. The number of hydrogen-bond donors (Lipinski definition) is 2. The van der Waals surface area contributed by atoms with E-state index in [-0.39, 0.29) is 5.91 Å². The van der Waals surface area contributed by atoms with Gasteiger partial charge in [0.1, 0.15) is 18.1 Å². The van der Waals surface area contributed by atoms with Crippen LogP contribution in [-0.2, 0) is 4.79 Å². The Balaban J connectivity index is 1.80. The first-order chi connectivity index (χ1) is 17.0. The van der Waals surface area contributed by atoms with Crippen LogP contribution in [0.2, 0.25) is 0 Å². The van der Waals surface area contributed by atoms with E-state index in [1.165, 1.54) is 6.33 Å². The molecule has 0 fully saturated rings. The van der Waals surface area contributed by atoms with E-state index in [4.69, 9.17) is 14.2 Å². The molecule has 2 N–H and O–H groups in total. The summed E-state index contributed by atoms with van der Waals surface area (Å²) in [4.78, 5) is 18.0. The van der Waals surface area contributed by atoms with E-state index in [1.54, 1.807) is 4.68 Å². The molecular formula is C25H28BrN5O4. The van der Waals surface area contributed by atoms with Crippen LogP contribution < -0.4 is 24.8 Å². The molecule has 1 atom stereocenters. The number of para-hydroxylation sites is 2. The van der Waals surface area contributed by atoms with Gasteiger partial charge in [0.15, 0.2) is 11.5 Å². The van der Waals surface area contributed by atoms with Crippen LogP contribution in [0.1, 0.15) is 39.3 Å². The molecule has 2 heterocycles. The van der Waals surface area contributed by atoms with Crippen molar-refractivity contribution in [3.8, 4) is 17.2 Å². The van der Waals surface area contributed by atoms with Gasteiger partial charge in [-0.15, -0.1) is 0 Å². The van der Waals surface area contributed by atoms with Crippen LogP contribution >= 0.6 is 15.9 Å². The molecule has 9 nitrogen and oxygen atoms in total. The first-order valence-corrected chi connectivity index (χ1v) is 12.3. The minimum atomic E-state index is -0.556. The van der Waals surface area contributed by atoms with Gasteiger partial charge in [-0.05, 0) is 73.5 Å². The number of amides is 1. The third kappa shape index (κ3) is 4.97. The molecular weight excluding hydrogens is 514 g/mol. The zero-order valence-electron chi connectivity index (χ0n) is 20.1. The summed E-state index contributed by atoms with van der Waals surface area (Å²) >= 11 is 3.62. The third-order valence-electron chi connectivity index (χ3n) is 5.41. The molecule has 1 aromatic heterocycles. The van der Waals surface area contributed by atoms with Crippen molar-refractivity contribution in [3.63, 3.8) is 0 Å². The highest BCUT2D eigenvalue weighted by atomic mass is 79.9. The number of halogens is 1. The van der Waals surface area contributed by atoms with Crippen molar-refractivity contribution in [2.45, 2.75) is 33.7 Å². The smallest absolute Gasteiger partial charge is 0.255 e. The van der Waals surface area contributed by atoms with E-state index < -0.39 is 6.04 Å². The first-order valence-electron chi connectivity index (χ1n) is 11.5. The summed E-state index contributed by atoms with van der Waals surface area (Å²) in [6.07, 6.45) is 1.46. The summed E-state index contributed by atoms with van der Waals surface area (Å²) in [7, 11) is 0. The summed E-state index contributed by atoms with van der Waals surface area (Å²) < 4.78 is 19.8. The predicted octanol–water partition coefficient (Wildman–Crippen LogP) is 5.16. The Hall–Kier alpha value is -3.53. The van der Waals surface area contributed by atoms with Gasteiger partial charge >= 0.3 is 0 Å². The van der Waals surface area contributed by atoms with Gasteiger partial charge in [-0.3, -0.25) is 4.79 Å². The number of anilines is 2. The van der Waals surface area contributed by atoms with E-state index >= 15 is 0 Å². The maximum atomic E-state index is 13.7. The fourth-order valence-corrected chi connectivity index (χ4v) is 4.60. The van der Waals surface area contributed by atoms with Gasteiger partial charge in [0.05, 0.1) is 35.6 Å². The van der Waals surface area contributed by atoms with E-state index in [2.05, 4.69) is 36.6 Å². The molecule has 4 rings (SSSR count). The van der Waals surface area contributed by atoms with Gasteiger partial charge in [-0.25, -0.2) is 4.68 Å². The summed E-state index contributed by atoms with van der Waals surface area (Å²) in [6.45, 7) is 9.02. The van der Waals surface area contributed by atoms with E-state index in [0.29, 0.717) is 60.0 Å². The molecule has 1 unspecified atom stereocenters. The fourth-order valence-electron chi connectivity index (χ4n) is 4.03. The molecule has 1 amide bonds. The lowest BCUT2D eigenvalue weighted by Crippen LogP contribution is -2.31. The van der Waals surface area contributed by atoms with Gasteiger partial charge in [-0.1, -0.05) is 12.1 Å². The van der Waals surface area contributed by atoms with Gasteiger partial charge in [0, 0.05) is 5.70 Å². The summed E-state index contributed by atoms with van der Waals surface area (Å²) in [5, 5.41) is 10.6. The van der Waals surface area contributed by atoms with Crippen LogP contribution in [0.3, 0.4) is 0 Å². The van der Waals surface area contributed by atoms with Gasteiger partial charge < -0.3 is 24.8 Å². The number of nitrogens with one attached hydrogen (secondary N) is 2. The van der Waals surface area contributed by atoms with Crippen LogP contribution in [0.15, 0.2) is 58.5 Å². The zero-order valence-corrected chi connectivity index (χ0v) is 21.7. The molecule has 35 heavy (non-hydrogen) atoms. The highest BCUT2D eigenvalue weighted by molar-refractivity contribution is 9.10. The molecule has 0 aliphatic carbocycles. The number of rotatable bonds is 9. The number of nitrogens with zero attached hydrogens (tertiary/aromatic N) is 3. The van der Waals surface area contributed by atoms with Crippen molar-refractivity contribution >= 4 is 33.5 Å². The van der Waals surface area contributed by atoms with Gasteiger partial charge in [-0.2, -0.15) is 10.1 Å². The Labute approximate surface area is 212 Å². The summed E-state index contributed by atoms with van der Waals surface area (Å²) in [6, 6.07) is 10.6. The summed E-state index contributed by atoms with van der Waals surface area (Å²) in [5.41, 5.74) is 2.54. The van der Waals surface area contributed by atoms with Crippen LogP contribution in [0.25, 0.3) is 0 Å². The topological polar surface area (TPSA) is 99.5 Å². The molecule has 0 saturated heterocycles. The lowest BCUT2D eigenvalue weighted by Gasteiger charge is -2.29. The summed E-state index contributed by atoms with van der Waals surface area (Å²) in [5.74, 6) is 2.06. The number of fused-ring (bicyclic) bond motifs is 1. The van der Waals surface area contributed by atoms with Crippen molar-refractivity contribution in [1.29, 1.82) is 0 Å². The van der Waals surface area contributed by atoms with Crippen molar-refractivity contribution in [2.75, 3.05) is 30.5 Å². The number of benzene rings is 2. The number of carbonyl (C=O) groups excluding carboxylic acids is 1. The van der Waals surface area contributed by atoms with Crippen LogP contribution in [0.4, 0.5) is 11.6 Å². The van der Waals surface area contributed by atoms with E-state index in [0.717, 1.165) is 10.0 Å². The molecule has 184 valence electrons. The van der Waals surface area contributed by atoms with Crippen molar-refractivity contribution < 1.29 is 19.0 Å². The Morgan fingerprint density at radius 3 is 2.54 bits per heavy atom. The van der Waals surface area contributed by atoms with E-state index in [1.807, 2.05) is 64.1 Å². The number of hydrogen-bond acceptors (Lipinski definition) is 7. The second kappa shape index (κ2) is 10.8. The second-order valence-corrected chi connectivity index (χ2v) is 8.53. The average molecular weight is 542 g/mol. The molecule has 1 aliphatic heterocycles. The largest absolute Gasteiger partial charge is 0.492 e. The van der Waals surface area contributed by atoms with Crippen molar-refractivity contribution in [2.24, 2.45) is 0 Å². The maximum absolute atomic E-state index is 13.7. The minimum absolute atomic E-state index is 0.281. The number of ether oxygens (including phenoxy) is 3. The Morgan fingerprint density at radius 2 is 1.80 bits per heavy atom. The highest BCUT2D eigenvalue weighted by Crippen LogP contribution is 2.43. The monoisotopic (exact) mass is 541 g/mol. The highest BCUT2D eigenvalue weighted by Gasteiger charge is 2.34. The van der Waals surface area contributed by atoms with Crippen LogP contribution in [0.5, 0.6) is 17.2 Å². The number of allylic oxidation sites excluding steroid dienone is 1. The Bertz CT molecular complexity index is 1260. The van der Waals surface area contributed by atoms with E-state index in [9.17, 15) is 4.79 Å². The van der Waals surface area contributed by atoms with Crippen molar-refractivity contribution in [3.05, 3.63) is 64.0 Å². The number of aromatic nitrogens is 3. The zero-order chi connectivity index (χ0) is 24.9. The minimum Gasteiger partial charge on any atom is -0.492 e. The normalized spacial score (nSPS) is 14.7. The van der Waals surface area contributed by atoms with Crippen LogP contribution in [0, 0.1) is 0 Å². The molecule has 0 spiro atoms. The molecule has 0 radical (unpaired) electrons. The lowest BCUT2D eigenvalue weighted by molar-refractivity contribution is -0.113. The molecule has 2 aromatic carbocycles. The molecule has 1 aliphatic rings. The van der Waals surface area contributed by atoms with Crippen LogP contribution in [-0.4, -0.2) is 40.5 Å². The number of carbonyl (C=O) groups is 1. The molecule has 0 saturated carbocycles. The molecule has 10 heteroatoms. The Kier molecular flexibility index (Phi) is 7.60. The first kappa shape index (κ1) is 24.6. The third-order valence-corrected chi connectivity index (χ3v) is 6.00. The molecule has 3 aromatic rings. The standard InChI is InChI=1S/C25H28BrN5O4/c1-5-33-19-11-9-8-10-18(19)30-24(32)21-15(4)29-25-27-14-28-31(25)22(21)16-12-17(26)23(35-7-3)20(13-16)34-6-2/h8-14,22H,5-7H2,1-4H3,(H,30,32)(H,27,28,29). The van der Waals surface area contributed by atoms with Crippen molar-refractivity contribution in [1.82, 2.24) is 14.8 Å². The van der Waals surface area contributed by atoms with Gasteiger partial charge in [0.2, 0.25) is 5.95 Å². The molecule has 0 bridgehead atoms. The van der Waals surface area contributed by atoms with Gasteiger partial charge in [0.25, 0.3) is 5.91 Å². The quantitative estimate of drug-likeness (QED) is 0.385. The SMILES string of the molecule is CCOc1ccccc1NC(=O)C1=C(C)Nc2ncnn2C1c1cc(Br)c(OCC)c(OCC)c1.